The molecule has 1 atom stereocenters. The lowest BCUT2D eigenvalue weighted by Crippen LogP contribution is -2.51. The lowest BCUT2D eigenvalue weighted by atomic mass is 9.85. The number of nitrogens with zero attached hydrogens (tertiary/aromatic N) is 4. The molecule has 1 aromatic heterocycles. The van der Waals surface area contributed by atoms with Crippen molar-refractivity contribution in [2.45, 2.75) is 31.7 Å². The molecule has 31 heavy (non-hydrogen) atoms. The van der Waals surface area contributed by atoms with E-state index in [4.69, 9.17) is 0 Å². The zero-order valence-electron chi connectivity index (χ0n) is 17.8. The van der Waals surface area contributed by atoms with Crippen LogP contribution in [0.2, 0.25) is 0 Å². The van der Waals surface area contributed by atoms with Gasteiger partial charge in [-0.3, -0.25) is 14.7 Å². The molecule has 0 aliphatic carbocycles. The van der Waals surface area contributed by atoms with Crippen LogP contribution in [0.4, 0.5) is 14.9 Å². The highest BCUT2D eigenvalue weighted by molar-refractivity contribution is 6.07. The first kappa shape index (κ1) is 21.2. The molecule has 8 heteroatoms. The molecule has 0 spiro atoms. The molecular formula is C23H28FN5O2. The summed E-state index contributed by atoms with van der Waals surface area (Å²) in [5.74, 6) is -0.621. The van der Waals surface area contributed by atoms with E-state index < -0.39 is 5.54 Å². The van der Waals surface area contributed by atoms with Gasteiger partial charge in [0.15, 0.2) is 0 Å². The van der Waals surface area contributed by atoms with Gasteiger partial charge in [-0.25, -0.2) is 14.1 Å². The van der Waals surface area contributed by atoms with Gasteiger partial charge in [-0.1, -0.05) is 31.9 Å². The molecule has 0 bridgehead atoms. The van der Waals surface area contributed by atoms with Gasteiger partial charge in [-0.15, -0.1) is 0 Å². The number of benzene rings is 1. The third-order valence-electron chi connectivity index (χ3n) is 6.16. The number of unbranched alkanes of at least 4 members (excludes halogenated alkanes) is 1. The second-order valence-corrected chi connectivity index (χ2v) is 8.13. The smallest absolute Gasteiger partial charge is 0.326 e. The zero-order valence-corrected chi connectivity index (χ0v) is 17.8. The number of rotatable bonds is 7. The largest absolute Gasteiger partial charge is 0.369 e. The molecule has 1 aromatic carbocycles. The minimum absolute atomic E-state index is 0.254. The van der Waals surface area contributed by atoms with Crippen molar-refractivity contribution in [1.29, 1.82) is 0 Å². The Labute approximate surface area is 181 Å². The minimum Gasteiger partial charge on any atom is -0.369 e. The SMILES string of the molecule is CCCC[C@]1(c2ccc(F)cc2)NC(=O)N(CN2CCN(c3ccncc3)CC2)C1=O. The van der Waals surface area contributed by atoms with Crippen molar-refractivity contribution >= 4 is 17.6 Å². The minimum atomic E-state index is -1.13. The number of aromatic nitrogens is 1. The van der Waals surface area contributed by atoms with Gasteiger partial charge in [0.25, 0.3) is 5.91 Å². The third-order valence-corrected chi connectivity index (χ3v) is 6.16. The van der Waals surface area contributed by atoms with Gasteiger partial charge in [0.2, 0.25) is 0 Å². The normalized spacial score (nSPS) is 22.1. The van der Waals surface area contributed by atoms with Crippen LogP contribution in [0.5, 0.6) is 0 Å². The topological polar surface area (TPSA) is 68.8 Å². The molecule has 3 amide bonds. The predicted octanol–water partition coefficient (Wildman–Crippen LogP) is 2.94. The Morgan fingerprint density at radius 1 is 1.03 bits per heavy atom. The molecule has 1 N–H and O–H groups in total. The monoisotopic (exact) mass is 425 g/mol. The quantitative estimate of drug-likeness (QED) is 0.691. The standard InChI is InChI=1S/C23H28FN5O2/c1-2-3-10-23(18-4-6-19(24)7-5-18)21(30)29(22(31)26-23)17-27-13-15-28(16-14-27)20-8-11-25-12-9-20/h4-9,11-12H,2-3,10,13-17H2,1H3,(H,26,31)/t23-/m1/s1. The molecule has 0 unspecified atom stereocenters. The van der Waals surface area contributed by atoms with Gasteiger partial charge in [0.1, 0.15) is 11.4 Å². The van der Waals surface area contributed by atoms with E-state index in [0.717, 1.165) is 44.7 Å². The molecule has 4 rings (SSSR count). The van der Waals surface area contributed by atoms with Crippen molar-refractivity contribution in [2.24, 2.45) is 0 Å². The van der Waals surface area contributed by atoms with Crippen LogP contribution < -0.4 is 10.2 Å². The number of carbonyl (C=O) groups is 2. The number of anilines is 1. The molecule has 0 radical (unpaired) electrons. The Bertz CT molecular complexity index is 915. The number of carbonyl (C=O) groups excluding carboxylic acids is 2. The second-order valence-electron chi connectivity index (χ2n) is 8.13. The van der Waals surface area contributed by atoms with Crippen LogP contribution >= 0.6 is 0 Å². The van der Waals surface area contributed by atoms with Gasteiger partial charge in [-0.05, 0) is 36.2 Å². The highest BCUT2D eigenvalue weighted by Gasteiger charge is 2.52. The number of halogens is 1. The molecule has 0 saturated carbocycles. The number of urea groups is 1. The number of amides is 3. The van der Waals surface area contributed by atoms with E-state index >= 15 is 0 Å². The van der Waals surface area contributed by atoms with Crippen LogP contribution in [-0.2, 0) is 10.3 Å². The van der Waals surface area contributed by atoms with Crippen LogP contribution in [-0.4, -0.2) is 59.6 Å². The van der Waals surface area contributed by atoms with Crippen molar-refractivity contribution in [3.63, 3.8) is 0 Å². The van der Waals surface area contributed by atoms with Gasteiger partial charge in [0.05, 0.1) is 6.67 Å². The van der Waals surface area contributed by atoms with Crippen LogP contribution in [0.1, 0.15) is 31.7 Å². The maximum atomic E-state index is 13.5. The number of imide groups is 1. The van der Waals surface area contributed by atoms with E-state index in [-0.39, 0.29) is 24.4 Å². The highest BCUT2D eigenvalue weighted by Crippen LogP contribution is 2.34. The van der Waals surface area contributed by atoms with Crippen LogP contribution in [0.3, 0.4) is 0 Å². The second kappa shape index (κ2) is 9.01. The van der Waals surface area contributed by atoms with E-state index in [1.807, 2.05) is 19.1 Å². The Morgan fingerprint density at radius 2 is 1.71 bits per heavy atom. The van der Waals surface area contributed by atoms with E-state index in [0.29, 0.717) is 12.0 Å². The van der Waals surface area contributed by atoms with Gasteiger partial charge in [-0.2, -0.15) is 0 Å². The number of pyridine rings is 1. The summed E-state index contributed by atoms with van der Waals surface area (Å²) in [4.78, 5) is 36.1. The fraction of sp³-hybridized carbons (Fsp3) is 0.435. The zero-order chi connectivity index (χ0) is 21.8. The molecular weight excluding hydrogens is 397 g/mol. The van der Waals surface area contributed by atoms with Crippen LogP contribution in [0.25, 0.3) is 0 Å². The maximum Gasteiger partial charge on any atom is 0.326 e. The van der Waals surface area contributed by atoms with Crippen LogP contribution in [0, 0.1) is 5.82 Å². The summed E-state index contributed by atoms with van der Waals surface area (Å²) in [7, 11) is 0. The fourth-order valence-corrected chi connectivity index (χ4v) is 4.34. The molecule has 2 aliphatic heterocycles. The number of piperazine rings is 1. The fourth-order valence-electron chi connectivity index (χ4n) is 4.34. The molecule has 2 fully saturated rings. The van der Waals surface area contributed by atoms with E-state index in [1.165, 1.54) is 17.0 Å². The first-order valence-electron chi connectivity index (χ1n) is 10.8. The van der Waals surface area contributed by atoms with Crippen molar-refractivity contribution in [2.75, 3.05) is 37.7 Å². The summed E-state index contributed by atoms with van der Waals surface area (Å²) in [5, 5.41) is 2.93. The summed E-state index contributed by atoms with van der Waals surface area (Å²) in [5.41, 5.74) is 0.630. The van der Waals surface area contributed by atoms with Crippen molar-refractivity contribution in [3.8, 4) is 0 Å². The van der Waals surface area contributed by atoms with Gasteiger partial charge < -0.3 is 10.2 Å². The van der Waals surface area contributed by atoms with Crippen molar-refractivity contribution in [3.05, 3.63) is 60.2 Å². The predicted molar refractivity (Wildman–Crippen MR) is 116 cm³/mol. The summed E-state index contributed by atoms with van der Waals surface area (Å²) in [6.45, 7) is 5.42. The number of hydrogen-bond donors (Lipinski definition) is 1. The number of hydrogen-bond acceptors (Lipinski definition) is 5. The highest BCUT2D eigenvalue weighted by atomic mass is 19.1. The Balaban J connectivity index is 1.46. The lowest BCUT2D eigenvalue weighted by Gasteiger charge is -2.37. The molecule has 2 aromatic rings. The lowest BCUT2D eigenvalue weighted by molar-refractivity contribution is -0.133. The molecule has 3 heterocycles. The molecule has 164 valence electrons. The van der Waals surface area contributed by atoms with E-state index in [9.17, 15) is 14.0 Å². The summed E-state index contributed by atoms with van der Waals surface area (Å²) in [6.07, 6.45) is 5.72. The molecule has 2 aliphatic rings. The first-order valence-corrected chi connectivity index (χ1v) is 10.8. The van der Waals surface area contributed by atoms with Crippen molar-refractivity contribution < 1.29 is 14.0 Å². The van der Waals surface area contributed by atoms with E-state index in [1.54, 1.807) is 24.5 Å². The summed E-state index contributed by atoms with van der Waals surface area (Å²) < 4.78 is 13.5. The number of nitrogens with one attached hydrogen (secondary N) is 1. The average Bonchev–Trinajstić information content (AvgIpc) is 3.04. The van der Waals surface area contributed by atoms with Gasteiger partial charge in [0, 0.05) is 44.3 Å². The van der Waals surface area contributed by atoms with Crippen molar-refractivity contribution in [1.82, 2.24) is 20.1 Å². The summed E-state index contributed by atoms with van der Waals surface area (Å²) >= 11 is 0. The maximum absolute atomic E-state index is 13.5. The first-order chi connectivity index (χ1) is 15.0. The summed E-state index contributed by atoms with van der Waals surface area (Å²) in [6, 6.07) is 9.45. The molecule has 2 saturated heterocycles. The molecule has 7 nitrogen and oxygen atoms in total. The Hall–Kier alpha value is -3.00. The van der Waals surface area contributed by atoms with Gasteiger partial charge >= 0.3 is 6.03 Å². The van der Waals surface area contributed by atoms with E-state index in [2.05, 4.69) is 20.1 Å². The van der Waals surface area contributed by atoms with Crippen LogP contribution in [0.15, 0.2) is 48.8 Å². The Kier molecular flexibility index (Phi) is 6.18. The Morgan fingerprint density at radius 3 is 2.35 bits per heavy atom. The average molecular weight is 426 g/mol. The third kappa shape index (κ3) is 4.25.